The van der Waals surface area contributed by atoms with E-state index in [4.69, 9.17) is 4.74 Å². The van der Waals surface area contributed by atoms with Crippen LogP contribution in [0.4, 0.5) is 5.13 Å². The number of carbonyl (C=O) groups excluding carboxylic acids is 1. The van der Waals surface area contributed by atoms with Crippen molar-refractivity contribution >= 4 is 38.7 Å². The van der Waals surface area contributed by atoms with Gasteiger partial charge in [0.15, 0.2) is 5.13 Å². The Morgan fingerprint density at radius 3 is 2.79 bits per heavy atom. The number of amides is 1. The van der Waals surface area contributed by atoms with Gasteiger partial charge in [0.1, 0.15) is 17.4 Å². The van der Waals surface area contributed by atoms with Crippen molar-refractivity contribution in [2.75, 3.05) is 11.9 Å². The second-order valence-electron chi connectivity index (χ2n) is 6.39. The van der Waals surface area contributed by atoms with E-state index in [1.807, 2.05) is 55.5 Å². The first-order valence-corrected chi connectivity index (χ1v) is 9.94. The quantitative estimate of drug-likeness (QED) is 0.336. The molecule has 142 valence electrons. The summed E-state index contributed by atoms with van der Waals surface area (Å²) in [5, 5.41) is 12.6. The van der Waals surface area contributed by atoms with Crippen LogP contribution in [0.25, 0.3) is 16.3 Å². The number of ether oxygens (including phenoxy) is 1. The number of hydrogen-bond acceptors (Lipinski definition) is 5. The summed E-state index contributed by atoms with van der Waals surface area (Å²) in [6, 6.07) is 15.2. The summed E-state index contributed by atoms with van der Waals surface area (Å²) in [4.78, 5) is 16.9. The van der Waals surface area contributed by atoms with Crippen molar-refractivity contribution in [1.82, 2.24) is 4.98 Å². The Hall–Kier alpha value is -3.17. The lowest BCUT2D eigenvalue weighted by atomic mass is 10.1. The number of aryl methyl sites for hydroxylation is 1. The highest BCUT2D eigenvalue weighted by atomic mass is 32.1. The van der Waals surface area contributed by atoms with Crippen LogP contribution >= 0.6 is 11.3 Å². The zero-order valence-corrected chi connectivity index (χ0v) is 16.7. The van der Waals surface area contributed by atoms with Gasteiger partial charge in [0.25, 0.3) is 5.91 Å². The van der Waals surface area contributed by atoms with Crippen LogP contribution < -0.4 is 10.1 Å². The first-order valence-electron chi connectivity index (χ1n) is 9.12. The van der Waals surface area contributed by atoms with E-state index < -0.39 is 5.91 Å². The van der Waals surface area contributed by atoms with Crippen LogP contribution in [0.1, 0.15) is 30.9 Å². The number of anilines is 1. The van der Waals surface area contributed by atoms with Crippen molar-refractivity contribution in [2.24, 2.45) is 0 Å². The van der Waals surface area contributed by atoms with Gasteiger partial charge in [-0.05, 0) is 54.8 Å². The fourth-order valence-corrected chi connectivity index (χ4v) is 3.52. The third-order valence-corrected chi connectivity index (χ3v) is 5.02. The van der Waals surface area contributed by atoms with Crippen molar-refractivity contribution in [2.45, 2.75) is 26.7 Å². The zero-order chi connectivity index (χ0) is 19.9. The molecule has 0 saturated carbocycles. The first kappa shape index (κ1) is 19.6. The summed E-state index contributed by atoms with van der Waals surface area (Å²) >= 11 is 1.39. The lowest BCUT2D eigenvalue weighted by Gasteiger charge is -2.05. The summed E-state index contributed by atoms with van der Waals surface area (Å²) in [7, 11) is 0. The molecule has 0 saturated heterocycles. The molecule has 0 unspecified atom stereocenters. The lowest BCUT2D eigenvalue weighted by molar-refractivity contribution is -0.112. The highest BCUT2D eigenvalue weighted by molar-refractivity contribution is 7.22. The molecule has 5 nitrogen and oxygen atoms in total. The molecule has 0 aliphatic rings. The highest BCUT2D eigenvalue weighted by Gasteiger charge is 2.12. The van der Waals surface area contributed by atoms with E-state index in [1.54, 1.807) is 6.08 Å². The minimum atomic E-state index is -0.471. The summed E-state index contributed by atoms with van der Waals surface area (Å²) < 4.78 is 6.62. The average Bonchev–Trinajstić information content (AvgIpc) is 3.08. The third-order valence-electron chi connectivity index (χ3n) is 4.09. The average molecular weight is 391 g/mol. The molecule has 2 aromatic carbocycles. The van der Waals surface area contributed by atoms with Crippen LogP contribution in [-0.4, -0.2) is 17.5 Å². The summed E-state index contributed by atoms with van der Waals surface area (Å²) in [6.45, 7) is 4.80. The summed E-state index contributed by atoms with van der Waals surface area (Å²) in [5.74, 6) is 0.305. The number of thiazole rings is 1. The van der Waals surface area contributed by atoms with Crippen LogP contribution in [0.2, 0.25) is 0 Å². The topological polar surface area (TPSA) is 75.0 Å². The van der Waals surface area contributed by atoms with Gasteiger partial charge in [-0.25, -0.2) is 4.98 Å². The molecule has 0 atom stereocenters. The molecule has 6 heteroatoms. The molecule has 1 amide bonds. The summed E-state index contributed by atoms with van der Waals surface area (Å²) in [6.07, 6.45) is 3.64. The first-order chi connectivity index (χ1) is 13.6. The van der Waals surface area contributed by atoms with E-state index in [1.165, 1.54) is 11.3 Å². The van der Waals surface area contributed by atoms with Gasteiger partial charge in [0.2, 0.25) is 0 Å². The number of hydrogen-bond donors (Lipinski definition) is 1. The summed E-state index contributed by atoms with van der Waals surface area (Å²) in [5.41, 5.74) is 2.74. The van der Waals surface area contributed by atoms with Gasteiger partial charge in [0, 0.05) is 0 Å². The van der Waals surface area contributed by atoms with Gasteiger partial charge in [-0.15, -0.1) is 0 Å². The number of carbonyl (C=O) groups is 1. The number of benzene rings is 2. The van der Waals surface area contributed by atoms with Crippen molar-refractivity contribution in [3.63, 3.8) is 0 Å². The van der Waals surface area contributed by atoms with Crippen LogP contribution in [0.15, 0.2) is 48.0 Å². The Morgan fingerprint density at radius 1 is 1.29 bits per heavy atom. The van der Waals surface area contributed by atoms with Gasteiger partial charge < -0.3 is 4.74 Å². The smallest absolute Gasteiger partial charge is 0.268 e. The molecule has 1 aromatic heterocycles. The van der Waals surface area contributed by atoms with Crippen LogP contribution in [-0.2, 0) is 4.79 Å². The molecule has 0 bridgehead atoms. The molecule has 0 aliphatic carbocycles. The van der Waals surface area contributed by atoms with Crippen molar-refractivity contribution < 1.29 is 9.53 Å². The van der Waals surface area contributed by atoms with E-state index in [-0.39, 0.29) is 5.57 Å². The monoisotopic (exact) mass is 391 g/mol. The van der Waals surface area contributed by atoms with E-state index in [9.17, 15) is 10.1 Å². The molecule has 0 spiro atoms. The number of nitriles is 1. The largest absolute Gasteiger partial charge is 0.494 e. The molecule has 28 heavy (non-hydrogen) atoms. The molecule has 0 aliphatic heterocycles. The predicted octanol–water partition coefficient (Wildman–Crippen LogP) is 5.33. The Balaban J connectivity index is 1.70. The molecular weight excluding hydrogens is 370 g/mol. The van der Waals surface area contributed by atoms with Crippen LogP contribution in [0, 0.1) is 18.3 Å². The van der Waals surface area contributed by atoms with Gasteiger partial charge in [-0.1, -0.05) is 42.9 Å². The Bertz CT molecular complexity index is 1050. The van der Waals surface area contributed by atoms with Gasteiger partial charge in [0.05, 0.1) is 16.8 Å². The molecule has 0 radical (unpaired) electrons. The van der Waals surface area contributed by atoms with E-state index in [2.05, 4.69) is 17.2 Å². The van der Waals surface area contributed by atoms with Gasteiger partial charge in [-0.3, -0.25) is 10.1 Å². The molecule has 1 N–H and O–H groups in total. The van der Waals surface area contributed by atoms with E-state index >= 15 is 0 Å². The normalized spacial score (nSPS) is 11.2. The van der Waals surface area contributed by atoms with Gasteiger partial charge >= 0.3 is 0 Å². The second-order valence-corrected chi connectivity index (χ2v) is 7.42. The number of nitrogens with one attached hydrogen (secondary N) is 1. The van der Waals surface area contributed by atoms with Gasteiger partial charge in [-0.2, -0.15) is 5.26 Å². The second kappa shape index (κ2) is 9.16. The van der Waals surface area contributed by atoms with E-state index in [0.717, 1.165) is 39.9 Å². The number of rotatable bonds is 7. The minimum absolute atomic E-state index is 0.0232. The fourth-order valence-electron chi connectivity index (χ4n) is 2.56. The molecule has 1 heterocycles. The van der Waals surface area contributed by atoms with Crippen LogP contribution in [0.3, 0.4) is 0 Å². The number of nitrogens with zero attached hydrogens (tertiary/aromatic N) is 2. The Kier molecular flexibility index (Phi) is 6.41. The number of aromatic nitrogens is 1. The maximum absolute atomic E-state index is 12.5. The van der Waals surface area contributed by atoms with Crippen molar-refractivity contribution in [3.8, 4) is 11.8 Å². The number of unbranched alkanes of at least 4 members (excludes halogenated alkanes) is 1. The molecule has 0 fully saturated rings. The van der Waals surface area contributed by atoms with Crippen LogP contribution in [0.5, 0.6) is 5.75 Å². The Morgan fingerprint density at radius 2 is 2.07 bits per heavy atom. The molecular formula is C22H21N3O2S. The number of fused-ring (bicyclic) bond motifs is 1. The lowest BCUT2D eigenvalue weighted by Crippen LogP contribution is -2.13. The zero-order valence-electron chi connectivity index (χ0n) is 15.9. The molecule has 3 aromatic rings. The highest BCUT2D eigenvalue weighted by Crippen LogP contribution is 2.27. The van der Waals surface area contributed by atoms with Crippen molar-refractivity contribution in [3.05, 3.63) is 59.2 Å². The third kappa shape index (κ3) is 4.96. The van der Waals surface area contributed by atoms with Crippen molar-refractivity contribution in [1.29, 1.82) is 5.26 Å². The maximum atomic E-state index is 12.5. The standard InChI is InChI=1S/C22H21N3O2S/c1-3-4-11-27-18-8-6-16(7-9-18)13-17(14-23)21(26)25-22-24-19-10-5-15(2)12-20(19)28-22/h5-10,12-13H,3-4,11H2,1-2H3,(H,24,25,26)/b17-13+. The Labute approximate surface area is 168 Å². The molecule has 3 rings (SSSR count). The fraction of sp³-hybridized carbons (Fsp3) is 0.227. The van der Waals surface area contributed by atoms with E-state index in [0.29, 0.717) is 11.7 Å². The maximum Gasteiger partial charge on any atom is 0.268 e. The SMILES string of the molecule is CCCCOc1ccc(/C=C(\C#N)C(=O)Nc2nc3ccc(C)cc3s2)cc1. The minimum Gasteiger partial charge on any atom is -0.494 e. The predicted molar refractivity (Wildman–Crippen MR) is 113 cm³/mol.